The van der Waals surface area contributed by atoms with Crippen molar-refractivity contribution in [3.63, 3.8) is 0 Å². The van der Waals surface area contributed by atoms with E-state index in [1.54, 1.807) is 12.1 Å². The number of hydrogen-bond acceptors (Lipinski definition) is 7. The van der Waals surface area contributed by atoms with Crippen molar-refractivity contribution in [1.29, 1.82) is 0 Å². The number of hydrogen-bond donors (Lipinski definition) is 5. The third-order valence-electron chi connectivity index (χ3n) is 6.31. The largest absolute Gasteiger partial charge is 0.465 e. The predicted molar refractivity (Wildman–Crippen MR) is 147 cm³/mol. The van der Waals surface area contributed by atoms with Gasteiger partial charge in [0, 0.05) is 36.9 Å². The first-order chi connectivity index (χ1) is 18.3. The Morgan fingerprint density at radius 1 is 1.05 bits per heavy atom. The van der Waals surface area contributed by atoms with E-state index in [0.717, 1.165) is 46.3 Å². The van der Waals surface area contributed by atoms with E-state index < -0.39 is 12.0 Å². The summed E-state index contributed by atoms with van der Waals surface area (Å²) >= 11 is 1.13. The smallest absolute Gasteiger partial charge is 0.404 e. The van der Waals surface area contributed by atoms with E-state index in [1.807, 2.05) is 54.6 Å². The predicted octanol–water partition coefficient (Wildman–Crippen LogP) is 4.23. The number of carbonyl (C=O) groups is 3. The Morgan fingerprint density at radius 2 is 1.82 bits per heavy atom. The molecule has 1 atom stereocenters. The van der Waals surface area contributed by atoms with Gasteiger partial charge in [0.15, 0.2) is 10.8 Å². The molecule has 0 spiro atoms. The van der Waals surface area contributed by atoms with E-state index in [1.165, 1.54) is 0 Å². The molecule has 11 heteroatoms. The number of carboxylic acid groups (broad SMARTS) is 1. The molecule has 0 radical (unpaired) electrons. The lowest BCUT2D eigenvalue weighted by Gasteiger charge is -2.16. The number of amides is 3. The number of benzene rings is 3. The molecule has 0 bridgehead atoms. The number of thiazole rings is 1. The number of fused-ring (bicyclic) bond motifs is 1. The third kappa shape index (κ3) is 5.90. The SMILES string of the molecule is NC(=O)c1nc(Nc2ccc3ccccc3c2)sc1NC(=O)c1ccc(CN2CCC(NC(=O)O)C2)cc1. The first-order valence-corrected chi connectivity index (χ1v) is 12.8. The van der Waals surface area contributed by atoms with Crippen LogP contribution < -0.4 is 21.7 Å². The number of rotatable bonds is 8. The Labute approximate surface area is 222 Å². The number of nitrogens with two attached hydrogens (primary N) is 1. The molecule has 0 saturated carbocycles. The molecule has 1 aromatic heterocycles. The average Bonchev–Trinajstić information content (AvgIpc) is 3.50. The van der Waals surface area contributed by atoms with Crippen molar-refractivity contribution >= 4 is 55.8 Å². The highest BCUT2D eigenvalue weighted by Gasteiger charge is 2.24. The lowest BCUT2D eigenvalue weighted by atomic mass is 10.1. The van der Waals surface area contributed by atoms with Crippen LogP contribution in [0.1, 0.15) is 32.8 Å². The summed E-state index contributed by atoms with van der Waals surface area (Å²) in [7, 11) is 0. The lowest BCUT2D eigenvalue weighted by molar-refractivity contribution is 0.0997. The first-order valence-electron chi connectivity index (χ1n) is 12.0. The topological polar surface area (TPSA) is 150 Å². The van der Waals surface area contributed by atoms with Crippen LogP contribution >= 0.6 is 11.3 Å². The van der Waals surface area contributed by atoms with E-state index in [9.17, 15) is 14.4 Å². The Morgan fingerprint density at radius 3 is 2.55 bits per heavy atom. The minimum absolute atomic E-state index is 0.0122. The number of likely N-dealkylation sites (tertiary alicyclic amines) is 1. The summed E-state index contributed by atoms with van der Waals surface area (Å²) in [5.41, 5.74) is 7.75. The maximum absolute atomic E-state index is 12.9. The fourth-order valence-electron chi connectivity index (χ4n) is 4.48. The van der Waals surface area contributed by atoms with Gasteiger partial charge < -0.3 is 26.8 Å². The zero-order valence-corrected chi connectivity index (χ0v) is 21.1. The van der Waals surface area contributed by atoms with Gasteiger partial charge in [-0.15, -0.1) is 0 Å². The minimum atomic E-state index is -1.01. The van der Waals surface area contributed by atoms with Crippen LogP contribution in [0.25, 0.3) is 10.8 Å². The Bertz CT molecular complexity index is 1500. The van der Waals surface area contributed by atoms with Crippen LogP contribution in [0.15, 0.2) is 66.7 Å². The van der Waals surface area contributed by atoms with Crippen molar-refractivity contribution < 1.29 is 19.5 Å². The molecule has 1 aliphatic heterocycles. The van der Waals surface area contributed by atoms with Gasteiger partial charge in [0.1, 0.15) is 5.00 Å². The first kappa shape index (κ1) is 25.2. The van der Waals surface area contributed by atoms with E-state index in [0.29, 0.717) is 23.8 Å². The second-order valence-corrected chi connectivity index (χ2v) is 10.1. The van der Waals surface area contributed by atoms with Gasteiger partial charge >= 0.3 is 6.09 Å². The summed E-state index contributed by atoms with van der Waals surface area (Å²) in [6.45, 7) is 2.10. The van der Waals surface area contributed by atoms with E-state index in [4.69, 9.17) is 10.8 Å². The van der Waals surface area contributed by atoms with Crippen molar-refractivity contribution in [2.75, 3.05) is 23.7 Å². The van der Waals surface area contributed by atoms with Crippen LogP contribution in [0.5, 0.6) is 0 Å². The summed E-state index contributed by atoms with van der Waals surface area (Å²) in [6, 6.07) is 20.9. The maximum atomic E-state index is 12.9. The van der Waals surface area contributed by atoms with Gasteiger partial charge in [0.05, 0.1) is 0 Å². The Hall–Kier alpha value is -4.48. The highest BCUT2D eigenvalue weighted by Crippen LogP contribution is 2.32. The number of aromatic nitrogens is 1. The van der Waals surface area contributed by atoms with E-state index >= 15 is 0 Å². The van der Waals surface area contributed by atoms with E-state index in [-0.39, 0.29) is 22.6 Å². The molecule has 1 saturated heterocycles. The summed E-state index contributed by atoms with van der Waals surface area (Å²) < 4.78 is 0. The van der Waals surface area contributed by atoms with Crippen LogP contribution in [0.3, 0.4) is 0 Å². The molecule has 4 aromatic rings. The highest BCUT2D eigenvalue weighted by atomic mass is 32.1. The molecular weight excluding hydrogens is 504 g/mol. The van der Waals surface area contributed by atoms with E-state index in [2.05, 4.69) is 25.8 Å². The quantitative estimate of drug-likeness (QED) is 0.229. The molecular formula is C27H26N6O4S. The number of carbonyl (C=O) groups excluding carboxylic acids is 2. The fourth-order valence-corrected chi connectivity index (χ4v) is 5.37. The molecule has 3 amide bonds. The minimum Gasteiger partial charge on any atom is -0.465 e. The average molecular weight is 531 g/mol. The third-order valence-corrected chi connectivity index (χ3v) is 7.20. The lowest BCUT2D eigenvalue weighted by Crippen LogP contribution is -2.35. The molecule has 6 N–H and O–H groups in total. The van der Waals surface area contributed by atoms with Crippen molar-refractivity contribution in [3.8, 4) is 0 Å². The normalized spacial score (nSPS) is 15.3. The zero-order chi connectivity index (χ0) is 26.6. The molecule has 0 aliphatic carbocycles. The standard InChI is InChI=1S/C27H26N6O4S/c28-23(34)22-25(38-26(31-22)29-20-10-9-17-3-1-2-4-19(17)13-20)32-24(35)18-7-5-16(6-8-18)14-33-12-11-21(15-33)30-27(36)37/h1-10,13,21,30H,11-12,14-15H2,(H2,28,34)(H,29,31)(H,32,35)(H,36,37). The fraction of sp³-hybridized carbons (Fsp3) is 0.185. The van der Waals surface area contributed by atoms with Crippen LogP contribution in [-0.2, 0) is 6.54 Å². The second kappa shape index (κ2) is 10.9. The van der Waals surface area contributed by atoms with Gasteiger partial charge in [0.25, 0.3) is 11.8 Å². The number of nitrogens with zero attached hydrogens (tertiary/aromatic N) is 2. The van der Waals surface area contributed by atoms with Crippen LogP contribution in [0.2, 0.25) is 0 Å². The van der Waals surface area contributed by atoms with Crippen LogP contribution in [0, 0.1) is 0 Å². The summed E-state index contributed by atoms with van der Waals surface area (Å²) in [4.78, 5) is 42.2. The monoisotopic (exact) mass is 530 g/mol. The van der Waals surface area contributed by atoms with Gasteiger partial charge in [0.2, 0.25) is 0 Å². The molecule has 1 aliphatic rings. The molecule has 5 rings (SSSR count). The second-order valence-electron chi connectivity index (χ2n) is 9.07. The maximum Gasteiger partial charge on any atom is 0.404 e. The van der Waals surface area contributed by atoms with Gasteiger partial charge in [-0.3, -0.25) is 14.5 Å². The highest BCUT2D eigenvalue weighted by molar-refractivity contribution is 7.20. The Kier molecular flexibility index (Phi) is 7.20. The molecule has 194 valence electrons. The summed E-state index contributed by atoms with van der Waals surface area (Å²) in [6.07, 6.45) is -0.245. The van der Waals surface area contributed by atoms with Crippen molar-refractivity contribution in [2.24, 2.45) is 5.73 Å². The summed E-state index contributed by atoms with van der Waals surface area (Å²) in [5, 5.41) is 20.2. The van der Waals surface area contributed by atoms with Crippen LogP contribution in [0.4, 0.5) is 20.6 Å². The van der Waals surface area contributed by atoms with Crippen molar-refractivity contribution in [2.45, 2.75) is 19.0 Å². The Balaban J connectivity index is 1.24. The van der Waals surface area contributed by atoms with Gasteiger partial charge in [-0.25, -0.2) is 9.78 Å². The van der Waals surface area contributed by atoms with Gasteiger partial charge in [-0.1, -0.05) is 53.8 Å². The molecule has 2 heterocycles. The number of nitrogens with one attached hydrogen (secondary N) is 3. The number of anilines is 3. The zero-order valence-electron chi connectivity index (χ0n) is 20.3. The summed E-state index contributed by atoms with van der Waals surface area (Å²) in [5.74, 6) is -1.12. The van der Waals surface area contributed by atoms with Crippen molar-refractivity contribution in [1.82, 2.24) is 15.2 Å². The molecule has 1 fully saturated rings. The molecule has 10 nitrogen and oxygen atoms in total. The van der Waals surface area contributed by atoms with Gasteiger partial charge in [-0.05, 0) is 47.0 Å². The number of primary amides is 1. The van der Waals surface area contributed by atoms with Crippen LogP contribution in [-0.4, -0.2) is 52.0 Å². The molecule has 38 heavy (non-hydrogen) atoms. The molecule has 3 aromatic carbocycles. The van der Waals surface area contributed by atoms with Crippen molar-refractivity contribution in [3.05, 3.63) is 83.6 Å². The molecule has 1 unspecified atom stereocenters. The van der Waals surface area contributed by atoms with Gasteiger partial charge in [-0.2, -0.15) is 0 Å².